The Balaban J connectivity index is 1.87. The average molecular weight is 407 g/mol. The maximum Gasteiger partial charge on any atom is 0.222 e. The van der Waals surface area contributed by atoms with Crippen molar-refractivity contribution in [1.82, 2.24) is 9.62 Å². The van der Waals surface area contributed by atoms with Gasteiger partial charge in [0.25, 0.3) is 0 Å². The van der Waals surface area contributed by atoms with Crippen molar-refractivity contribution in [3.63, 3.8) is 0 Å². The summed E-state index contributed by atoms with van der Waals surface area (Å²) in [4.78, 5) is 13.9. The molecule has 5 nitrogen and oxygen atoms in total. The minimum Gasteiger partial charge on any atom is -0.343 e. The van der Waals surface area contributed by atoms with Crippen LogP contribution >= 0.6 is 23.2 Å². The van der Waals surface area contributed by atoms with Crippen LogP contribution in [0.1, 0.15) is 38.7 Å². The molecule has 1 fully saturated rings. The molecule has 8 heteroatoms. The lowest BCUT2D eigenvalue weighted by Crippen LogP contribution is -2.46. The molecule has 0 unspecified atom stereocenters. The van der Waals surface area contributed by atoms with Crippen molar-refractivity contribution in [3.8, 4) is 0 Å². The topological polar surface area (TPSA) is 66.5 Å². The molecule has 1 aliphatic rings. The van der Waals surface area contributed by atoms with E-state index < -0.39 is 10.0 Å². The largest absolute Gasteiger partial charge is 0.343 e. The minimum atomic E-state index is -3.48. The molecule has 0 spiro atoms. The minimum absolute atomic E-state index is 0.142. The number of carbonyl (C=O) groups is 1. The Morgan fingerprint density at radius 2 is 1.88 bits per heavy atom. The second-order valence-electron chi connectivity index (χ2n) is 6.88. The molecule has 1 heterocycles. The summed E-state index contributed by atoms with van der Waals surface area (Å²) in [6, 6.07) is 4.67. The number of rotatable bonds is 6. The zero-order valence-electron chi connectivity index (χ0n) is 14.5. The summed E-state index contributed by atoms with van der Waals surface area (Å²) in [6.45, 7) is 5.21. The van der Waals surface area contributed by atoms with Gasteiger partial charge in [-0.2, -0.15) is 0 Å². The fraction of sp³-hybridized carbons (Fsp3) is 0.588. The second kappa shape index (κ2) is 8.71. The summed E-state index contributed by atoms with van der Waals surface area (Å²) >= 11 is 11.8. The Labute approximate surface area is 159 Å². The van der Waals surface area contributed by atoms with E-state index in [1.807, 2.05) is 18.7 Å². The van der Waals surface area contributed by atoms with Crippen LogP contribution in [0.3, 0.4) is 0 Å². The first-order chi connectivity index (χ1) is 11.7. The van der Waals surface area contributed by atoms with Crippen molar-refractivity contribution in [2.75, 3.05) is 13.1 Å². The van der Waals surface area contributed by atoms with E-state index >= 15 is 0 Å². The first-order valence-corrected chi connectivity index (χ1v) is 10.8. The summed E-state index contributed by atoms with van der Waals surface area (Å²) in [5.41, 5.74) is 0.589. The molecule has 1 aliphatic heterocycles. The number of piperidine rings is 1. The third kappa shape index (κ3) is 6.44. The van der Waals surface area contributed by atoms with Gasteiger partial charge >= 0.3 is 0 Å². The van der Waals surface area contributed by atoms with Gasteiger partial charge in [-0.3, -0.25) is 4.79 Å². The van der Waals surface area contributed by atoms with Crippen LogP contribution in [-0.2, 0) is 20.6 Å². The molecule has 1 aromatic carbocycles. The van der Waals surface area contributed by atoms with Gasteiger partial charge in [-0.15, -0.1) is 0 Å². The number of hydrogen-bond acceptors (Lipinski definition) is 3. The molecule has 0 aliphatic carbocycles. The van der Waals surface area contributed by atoms with Gasteiger partial charge in [0.1, 0.15) is 0 Å². The molecule has 1 amide bonds. The van der Waals surface area contributed by atoms with E-state index in [1.54, 1.807) is 18.2 Å². The number of benzene rings is 1. The number of nitrogens with one attached hydrogen (secondary N) is 1. The number of amides is 1. The molecule has 0 bridgehead atoms. The summed E-state index contributed by atoms with van der Waals surface area (Å²) in [5.74, 6) is 0.332. The van der Waals surface area contributed by atoms with Crippen molar-refractivity contribution >= 4 is 39.1 Å². The summed E-state index contributed by atoms with van der Waals surface area (Å²) in [7, 11) is -3.48. The molecule has 1 aromatic rings. The van der Waals surface area contributed by atoms with Gasteiger partial charge in [-0.1, -0.05) is 43.1 Å². The van der Waals surface area contributed by atoms with Crippen molar-refractivity contribution in [2.45, 2.75) is 44.9 Å². The number of nitrogens with zero attached hydrogens (tertiary/aromatic N) is 1. The molecular formula is C17H24Cl2N2O3S. The van der Waals surface area contributed by atoms with Crippen LogP contribution in [0.2, 0.25) is 10.0 Å². The van der Waals surface area contributed by atoms with Gasteiger partial charge < -0.3 is 4.90 Å². The molecule has 1 saturated heterocycles. The van der Waals surface area contributed by atoms with Gasteiger partial charge in [-0.25, -0.2) is 13.1 Å². The highest BCUT2D eigenvalue weighted by Crippen LogP contribution is 2.23. The Hall–Kier alpha value is -0.820. The lowest BCUT2D eigenvalue weighted by molar-refractivity contribution is -0.133. The molecule has 0 aromatic heterocycles. The van der Waals surface area contributed by atoms with Crippen LogP contribution in [0.5, 0.6) is 0 Å². The monoisotopic (exact) mass is 406 g/mol. The normalized spacial score (nSPS) is 16.4. The maximum atomic E-state index is 12.4. The molecule has 140 valence electrons. The van der Waals surface area contributed by atoms with Crippen molar-refractivity contribution in [1.29, 1.82) is 0 Å². The highest BCUT2D eigenvalue weighted by molar-refractivity contribution is 7.88. The highest BCUT2D eigenvalue weighted by Gasteiger charge is 2.26. The first kappa shape index (κ1) is 20.5. The molecule has 1 N–H and O–H groups in total. The number of halogens is 2. The van der Waals surface area contributed by atoms with E-state index in [-0.39, 0.29) is 17.7 Å². The highest BCUT2D eigenvalue weighted by atomic mass is 35.5. The van der Waals surface area contributed by atoms with Crippen molar-refractivity contribution < 1.29 is 13.2 Å². The van der Waals surface area contributed by atoms with Crippen LogP contribution in [0.4, 0.5) is 0 Å². The van der Waals surface area contributed by atoms with E-state index in [0.29, 0.717) is 53.9 Å². The Kier molecular flexibility index (Phi) is 7.14. The zero-order chi connectivity index (χ0) is 18.6. The predicted octanol–water partition coefficient (Wildman–Crippen LogP) is 3.45. The van der Waals surface area contributed by atoms with Crippen molar-refractivity contribution in [2.24, 2.45) is 5.92 Å². The molecule has 2 rings (SSSR count). The Morgan fingerprint density at radius 3 is 2.44 bits per heavy atom. The third-order valence-corrected chi connectivity index (χ3v) is 6.26. The first-order valence-electron chi connectivity index (χ1n) is 8.38. The molecule has 0 atom stereocenters. The SMILES string of the molecule is CC(C)CC(=O)N1CCC(NS(=O)(=O)Cc2ccc(Cl)c(Cl)c2)CC1. The lowest BCUT2D eigenvalue weighted by atomic mass is 10.0. The Morgan fingerprint density at radius 1 is 1.24 bits per heavy atom. The average Bonchev–Trinajstić information content (AvgIpc) is 2.50. The van der Waals surface area contributed by atoms with E-state index in [2.05, 4.69) is 4.72 Å². The Bertz CT molecular complexity index is 715. The van der Waals surface area contributed by atoms with Crippen LogP contribution in [0.25, 0.3) is 0 Å². The fourth-order valence-corrected chi connectivity index (χ4v) is 4.64. The number of hydrogen-bond donors (Lipinski definition) is 1. The van der Waals surface area contributed by atoms with E-state index in [4.69, 9.17) is 23.2 Å². The van der Waals surface area contributed by atoms with E-state index in [0.717, 1.165) is 0 Å². The third-order valence-electron chi connectivity index (χ3n) is 4.12. The number of sulfonamides is 1. The van der Waals surface area contributed by atoms with Gasteiger partial charge in [0.2, 0.25) is 15.9 Å². The quantitative estimate of drug-likeness (QED) is 0.786. The number of likely N-dealkylation sites (tertiary alicyclic amines) is 1. The smallest absolute Gasteiger partial charge is 0.222 e. The number of carbonyl (C=O) groups excluding carboxylic acids is 1. The summed E-state index contributed by atoms with van der Waals surface area (Å²) < 4.78 is 27.5. The van der Waals surface area contributed by atoms with Crippen LogP contribution < -0.4 is 4.72 Å². The van der Waals surface area contributed by atoms with Crippen molar-refractivity contribution in [3.05, 3.63) is 33.8 Å². The summed E-state index contributed by atoms with van der Waals surface area (Å²) in [5, 5.41) is 0.737. The van der Waals surface area contributed by atoms with Gasteiger partial charge in [-0.05, 0) is 36.5 Å². The van der Waals surface area contributed by atoms with E-state index in [1.165, 1.54) is 0 Å². The molecule has 25 heavy (non-hydrogen) atoms. The van der Waals surface area contributed by atoms with E-state index in [9.17, 15) is 13.2 Å². The van der Waals surface area contributed by atoms with Crippen LogP contribution in [0, 0.1) is 5.92 Å². The fourth-order valence-electron chi connectivity index (χ4n) is 2.87. The standard InChI is InChI=1S/C17H24Cl2N2O3S/c1-12(2)9-17(22)21-7-5-14(6-8-21)20-25(23,24)11-13-3-4-15(18)16(19)10-13/h3-4,10,12,14,20H,5-9,11H2,1-2H3. The van der Waals surface area contributed by atoms with Gasteiger partial charge in [0.15, 0.2) is 0 Å². The van der Waals surface area contributed by atoms with Gasteiger partial charge in [0, 0.05) is 25.6 Å². The zero-order valence-corrected chi connectivity index (χ0v) is 16.8. The summed E-state index contributed by atoms with van der Waals surface area (Å²) in [6.07, 6.45) is 1.79. The predicted molar refractivity (Wildman–Crippen MR) is 101 cm³/mol. The molecule has 0 saturated carbocycles. The molecule has 0 radical (unpaired) electrons. The lowest BCUT2D eigenvalue weighted by Gasteiger charge is -2.32. The second-order valence-corrected chi connectivity index (χ2v) is 9.45. The maximum absolute atomic E-state index is 12.4. The van der Waals surface area contributed by atoms with Crippen LogP contribution in [0.15, 0.2) is 18.2 Å². The van der Waals surface area contributed by atoms with Gasteiger partial charge in [0.05, 0.1) is 15.8 Å². The van der Waals surface area contributed by atoms with Crippen LogP contribution in [-0.4, -0.2) is 38.4 Å². The molecular weight excluding hydrogens is 383 g/mol.